The fraction of sp³-hybridized carbons (Fsp3) is 0.750. The van der Waals surface area contributed by atoms with Gasteiger partial charge in [-0.15, -0.1) is 0 Å². The minimum atomic E-state index is -2.52. The van der Waals surface area contributed by atoms with Crippen LogP contribution >= 0.6 is 0 Å². The van der Waals surface area contributed by atoms with Crippen LogP contribution in [-0.4, -0.2) is 24.8 Å². The van der Waals surface area contributed by atoms with Crippen molar-refractivity contribution in [3.05, 3.63) is 0 Å². The molecule has 0 fully saturated rings. The third-order valence-electron chi connectivity index (χ3n) is 0.731. The zero-order valence-electron chi connectivity index (χ0n) is 4.64. The molecule has 48 valence electrons. The van der Waals surface area contributed by atoms with E-state index in [4.69, 9.17) is 0 Å². The minimum Gasteiger partial charge on any atom is -0.238 e. The van der Waals surface area contributed by atoms with Gasteiger partial charge in [0.05, 0.1) is 0 Å². The van der Waals surface area contributed by atoms with E-state index in [2.05, 4.69) is 11.8 Å². The first-order chi connectivity index (χ1) is 3.72. The number of hydrogen-bond donors (Lipinski definition) is 0. The smallest absolute Gasteiger partial charge is 0.238 e. The van der Waals surface area contributed by atoms with Gasteiger partial charge in [0.2, 0.25) is 0 Å². The summed E-state index contributed by atoms with van der Waals surface area (Å²) in [6.45, 7) is 2.21. The number of nitrogens with zero attached hydrogens (tertiary/aromatic N) is 2. The van der Waals surface area contributed by atoms with Gasteiger partial charge < -0.3 is 0 Å². The van der Waals surface area contributed by atoms with E-state index >= 15 is 0 Å². The molecule has 0 atom stereocenters. The highest BCUT2D eigenvalue weighted by Gasteiger charge is 2.07. The normalized spacial score (nSPS) is 9.50. The molecule has 0 rings (SSSR count). The van der Waals surface area contributed by atoms with Gasteiger partial charge in [0.15, 0.2) is 0 Å². The summed E-state index contributed by atoms with van der Waals surface area (Å²) in [5, 5.41) is 3.64. The molecule has 0 saturated heterocycles. The monoisotopic (exact) mass is 122 g/mol. The molecule has 0 N–H and O–H groups in total. The van der Waals surface area contributed by atoms with E-state index in [0.717, 1.165) is 0 Å². The molecule has 0 aromatic carbocycles. The molecule has 8 heavy (non-hydrogen) atoms. The largest absolute Gasteiger partial charge is 0.329 e. The van der Waals surface area contributed by atoms with E-state index < -0.39 is 6.55 Å². The van der Waals surface area contributed by atoms with Crippen LogP contribution in [0.15, 0.2) is 5.10 Å². The first-order valence-electron chi connectivity index (χ1n) is 2.23. The van der Waals surface area contributed by atoms with Gasteiger partial charge in [-0.25, -0.2) is 5.01 Å². The Hall–Kier alpha value is -0.670. The lowest BCUT2D eigenvalue weighted by molar-refractivity contribution is -0.0213. The minimum absolute atomic E-state index is 0.196. The van der Waals surface area contributed by atoms with Gasteiger partial charge in [0, 0.05) is 13.3 Å². The van der Waals surface area contributed by atoms with Crippen molar-refractivity contribution < 1.29 is 8.78 Å². The van der Waals surface area contributed by atoms with Gasteiger partial charge in [0.1, 0.15) is 0 Å². The van der Waals surface area contributed by atoms with Gasteiger partial charge in [-0.2, -0.15) is 13.9 Å². The van der Waals surface area contributed by atoms with Crippen molar-refractivity contribution >= 4 is 6.72 Å². The summed E-state index contributed by atoms with van der Waals surface area (Å²) in [7, 11) is 0. The van der Waals surface area contributed by atoms with Crippen molar-refractivity contribution in [1.29, 1.82) is 0 Å². The van der Waals surface area contributed by atoms with Crippen LogP contribution in [-0.2, 0) is 0 Å². The topological polar surface area (TPSA) is 15.6 Å². The Morgan fingerprint density at radius 3 is 2.25 bits per heavy atom. The van der Waals surface area contributed by atoms with Crippen LogP contribution in [0.1, 0.15) is 6.92 Å². The highest BCUT2D eigenvalue weighted by molar-refractivity contribution is 5.22. The molecule has 0 aromatic heterocycles. The summed E-state index contributed by atoms with van der Waals surface area (Å²) in [5.74, 6) is 0. The first kappa shape index (κ1) is 7.33. The fourth-order valence-corrected chi connectivity index (χ4v) is 0.300. The maximum Gasteiger partial charge on any atom is 0.329 e. The van der Waals surface area contributed by atoms with Crippen LogP contribution in [0.2, 0.25) is 0 Å². The Morgan fingerprint density at radius 1 is 1.75 bits per heavy atom. The molecule has 0 spiro atoms. The Morgan fingerprint density at radius 2 is 2.25 bits per heavy atom. The average molecular weight is 122 g/mol. The second-order valence-electron chi connectivity index (χ2n) is 1.17. The van der Waals surface area contributed by atoms with Gasteiger partial charge >= 0.3 is 6.55 Å². The van der Waals surface area contributed by atoms with Crippen LogP contribution < -0.4 is 0 Å². The van der Waals surface area contributed by atoms with E-state index in [1.807, 2.05) is 0 Å². The van der Waals surface area contributed by atoms with E-state index in [1.165, 1.54) is 0 Å². The van der Waals surface area contributed by atoms with Gasteiger partial charge in [-0.05, 0) is 6.92 Å². The van der Waals surface area contributed by atoms with Crippen molar-refractivity contribution in [3.63, 3.8) is 0 Å². The number of hydrogen-bond acceptors (Lipinski definition) is 2. The average Bonchev–Trinajstić information content (AvgIpc) is 1.69. The molecule has 2 nitrogen and oxygen atoms in total. The predicted molar refractivity (Wildman–Crippen MR) is 27.9 cm³/mol. The molecule has 4 heteroatoms. The number of rotatable bonds is 3. The maximum atomic E-state index is 11.5. The van der Waals surface area contributed by atoms with Crippen LogP contribution in [0.4, 0.5) is 8.78 Å². The van der Waals surface area contributed by atoms with Crippen molar-refractivity contribution in [2.45, 2.75) is 13.5 Å². The second kappa shape index (κ2) is 3.35. The molecule has 0 bridgehead atoms. The zero-order valence-corrected chi connectivity index (χ0v) is 4.64. The van der Waals surface area contributed by atoms with E-state index in [1.54, 1.807) is 6.92 Å². The zero-order chi connectivity index (χ0) is 6.57. The summed E-state index contributed by atoms with van der Waals surface area (Å²) < 4.78 is 23.0. The summed E-state index contributed by atoms with van der Waals surface area (Å²) in [6.07, 6.45) is 0. The molecule has 0 radical (unpaired) electrons. The van der Waals surface area contributed by atoms with Crippen LogP contribution in [0.3, 0.4) is 0 Å². The van der Waals surface area contributed by atoms with Crippen LogP contribution in [0, 0.1) is 0 Å². The third kappa shape index (κ3) is 1.86. The first-order valence-corrected chi connectivity index (χ1v) is 2.23. The molecule has 0 aliphatic carbocycles. The molecule has 0 saturated carbocycles. The Bertz CT molecular complexity index is 74.4. The third-order valence-corrected chi connectivity index (χ3v) is 0.731. The molecule has 0 aromatic rings. The lowest BCUT2D eigenvalue weighted by Crippen LogP contribution is -2.21. The highest BCUT2D eigenvalue weighted by atomic mass is 19.3. The molecular weight excluding hydrogens is 114 g/mol. The lowest BCUT2D eigenvalue weighted by atomic mass is 10.7. The van der Waals surface area contributed by atoms with Gasteiger partial charge in [-0.3, -0.25) is 0 Å². The Balaban J connectivity index is 3.51. The van der Waals surface area contributed by atoms with Crippen molar-refractivity contribution in [1.82, 2.24) is 5.01 Å². The molecule has 0 unspecified atom stereocenters. The summed E-state index contributed by atoms with van der Waals surface area (Å²) in [6, 6.07) is 0. The summed E-state index contributed by atoms with van der Waals surface area (Å²) in [5.41, 5.74) is 0. The van der Waals surface area contributed by atoms with E-state index in [9.17, 15) is 8.78 Å². The van der Waals surface area contributed by atoms with Crippen molar-refractivity contribution in [2.75, 3.05) is 6.54 Å². The molecular formula is C4H8F2N2. The SMILES string of the molecule is C=NN(CC)C(F)F. The molecule has 0 heterocycles. The standard InChI is InChI=1S/C4H8F2N2/c1-3-8(7-2)4(5)6/h4H,2-3H2,1H3. The van der Waals surface area contributed by atoms with Crippen molar-refractivity contribution in [3.8, 4) is 0 Å². The Kier molecular flexibility index (Phi) is 3.07. The Labute approximate surface area is 46.8 Å². The summed E-state index contributed by atoms with van der Waals surface area (Å²) in [4.78, 5) is 0. The van der Waals surface area contributed by atoms with Crippen LogP contribution in [0.25, 0.3) is 0 Å². The number of halogens is 2. The fourth-order valence-electron chi connectivity index (χ4n) is 0.300. The van der Waals surface area contributed by atoms with Crippen LogP contribution in [0.5, 0.6) is 0 Å². The van der Waals surface area contributed by atoms with E-state index in [-0.39, 0.29) is 6.54 Å². The highest BCUT2D eigenvalue weighted by Crippen LogP contribution is 2.00. The number of hydrazone groups is 1. The van der Waals surface area contributed by atoms with Crippen molar-refractivity contribution in [2.24, 2.45) is 5.10 Å². The van der Waals surface area contributed by atoms with E-state index in [0.29, 0.717) is 5.01 Å². The lowest BCUT2D eigenvalue weighted by Gasteiger charge is -2.12. The molecule has 0 amide bonds. The molecule has 0 aliphatic heterocycles. The van der Waals surface area contributed by atoms with Gasteiger partial charge in [0.25, 0.3) is 0 Å². The quantitative estimate of drug-likeness (QED) is 0.311. The predicted octanol–water partition coefficient (Wildman–Crippen LogP) is 1.15. The summed E-state index contributed by atoms with van der Waals surface area (Å²) >= 11 is 0. The second-order valence-corrected chi connectivity index (χ2v) is 1.17. The number of alkyl halides is 2. The maximum absolute atomic E-state index is 11.5. The van der Waals surface area contributed by atoms with Gasteiger partial charge in [-0.1, -0.05) is 0 Å². The molecule has 0 aliphatic rings.